The van der Waals surface area contributed by atoms with Crippen LogP contribution in [0.4, 0.5) is 4.39 Å². The SMILES string of the molecule is C[C@@H]1OC(C)(C)[C@@H](O)[C@H]1F. The average molecular weight is 148 g/mol. The molecule has 1 aliphatic rings. The third-order valence-electron chi connectivity index (χ3n) is 1.95. The first kappa shape index (κ1) is 7.95. The van der Waals surface area contributed by atoms with Crippen molar-refractivity contribution >= 4 is 0 Å². The van der Waals surface area contributed by atoms with Crippen LogP contribution in [0.25, 0.3) is 0 Å². The zero-order valence-corrected chi connectivity index (χ0v) is 6.47. The number of aliphatic hydroxyl groups excluding tert-OH is 1. The van der Waals surface area contributed by atoms with Crippen molar-refractivity contribution in [1.29, 1.82) is 0 Å². The molecule has 0 aromatic carbocycles. The summed E-state index contributed by atoms with van der Waals surface area (Å²) in [6.07, 6.45) is -2.71. The van der Waals surface area contributed by atoms with Crippen LogP contribution in [0.2, 0.25) is 0 Å². The van der Waals surface area contributed by atoms with E-state index >= 15 is 0 Å². The van der Waals surface area contributed by atoms with Crippen LogP contribution in [0.5, 0.6) is 0 Å². The zero-order chi connectivity index (χ0) is 7.94. The summed E-state index contributed by atoms with van der Waals surface area (Å²) in [5, 5.41) is 9.20. The number of hydrogen-bond acceptors (Lipinski definition) is 2. The molecule has 1 heterocycles. The Morgan fingerprint density at radius 2 is 2.00 bits per heavy atom. The van der Waals surface area contributed by atoms with Crippen LogP contribution in [0.15, 0.2) is 0 Å². The van der Waals surface area contributed by atoms with Crippen LogP contribution in [0.1, 0.15) is 20.8 Å². The van der Waals surface area contributed by atoms with Crippen LogP contribution in [-0.4, -0.2) is 29.1 Å². The summed E-state index contributed by atoms with van der Waals surface area (Å²) in [4.78, 5) is 0. The Labute approximate surface area is 60.0 Å². The van der Waals surface area contributed by atoms with E-state index in [1.807, 2.05) is 0 Å². The fourth-order valence-corrected chi connectivity index (χ4v) is 1.25. The van der Waals surface area contributed by atoms with E-state index in [4.69, 9.17) is 4.74 Å². The van der Waals surface area contributed by atoms with E-state index in [0.717, 1.165) is 0 Å². The van der Waals surface area contributed by atoms with Crippen LogP contribution < -0.4 is 0 Å². The van der Waals surface area contributed by atoms with Gasteiger partial charge in [0.05, 0.1) is 11.7 Å². The molecular formula is C7H13FO2. The minimum absolute atomic E-state index is 0.481. The highest BCUT2D eigenvalue weighted by Crippen LogP contribution is 2.31. The van der Waals surface area contributed by atoms with Crippen molar-refractivity contribution in [3.63, 3.8) is 0 Å². The molecule has 0 radical (unpaired) electrons. The van der Waals surface area contributed by atoms with E-state index in [0.29, 0.717) is 0 Å². The topological polar surface area (TPSA) is 29.5 Å². The summed E-state index contributed by atoms with van der Waals surface area (Å²) in [5.74, 6) is 0. The van der Waals surface area contributed by atoms with Gasteiger partial charge in [0.15, 0.2) is 6.17 Å². The molecule has 0 aliphatic carbocycles. The fourth-order valence-electron chi connectivity index (χ4n) is 1.25. The maximum atomic E-state index is 12.8. The molecule has 0 aromatic rings. The summed E-state index contributed by atoms with van der Waals surface area (Å²) in [6, 6.07) is 0. The minimum atomic E-state index is -1.24. The maximum Gasteiger partial charge on any atom is 0.154 e. The lowest BCUT2D eigenvalue weighted by molar-refractivity contribution is -0.0513. The first-order chi connectivity index (χ1) is 4.45. The van der Waals surface area contributed by atoms with Crippen molar-refractivity contribution in [2.24, 2.45) is 0 Å². The predicted octanol–water partition coefficient (Wildman–Crippen LogP) is 0.883. The molecule has 1 N–H and O–H groups in total. The van der Waals surface area contributed by atoms with Crippen molar-refractivity contribution in [1.82, 2.24) is 0 Å². The number of ether oxygens (including phenoxy) is 1. The van der Waals surface area contributed by atoms with Gasteiger partial charge in [-0.05, 0) is 20.8 Å². The standard InChI is InChI=1S/C7H13FO2/c1-4-5(8)6(9)7(2,3)10-4/h4-6,9H,1-3H3/t4-,5-,6-/m0/s1. The molecule has 0 aromatic heterocycles. The van der Waals surface area contributed by atoms with Gasteiger partial charge in [0.25, 0.3) is 0 Å². The summed E-state index contributed by atoms with van der Waals surface area (Å²) < 4.78 is 18.0. The molecule has 1 rings (SSSR count). The van der Waals surface area contributed by atoms with Crippen molar-refractivity contribution < 1.29 is 14.2 Å². The molecule has 3 heteroatoms. The van der Waals surface area contributed by atoms with Crippen LogP contribution in [0, 0.1) is 0 Å². The summed E-state index contributed by atoms with van der Waals surface area (Å²) in [5.41, 5.74) is -0.723. The van der Waals surface area contributed by atoms with Crippen LogP contribution >= 0.6 is 0 Å². The normalized spacial score (nSPS) is 45.9. The number of halogens is 1. The van der Waals surface area contributed by atoms with Gasteiger partial charge in [0.2, 0.25) is 0 Å². The van der Waals surface area contributed by atoms with Crippen LogP contribution in [-0.2, 0) is 4.74 Å². The molecule has 0 spiro atoms. The van der Waals surface area contributed by atoms with Gasteiger partial charge in [-0.3, -0.25) is 0 Å². The van der Waals surface area contributed by atoms with Gasteiger partial charge >= 0.3 is 0 Å². The molecular weight excluding hydrogens is 135 g/mol. The summed E-state index contributed by atoms with van der Waals surface area (Å²) in [7, 11) is 0. The monoisotopic (exact) mass is 148 g/mol. The van der Waals surface area contributed by atoms with Gasteiger partial charge in [-0.25, -0.2) is 4.39 Å². The largest absolute Gasteiger partial charge is 0.387 e. The lowest BCUT2D eigenvalue weighted by Crippen LogP contribution is -2.35. The molecule has 3 atom stereocenters. The van der Waals surface area contributed by atoms with Gasteiger partial charge in [0, 0.05) is 0 Å². The van der Waals surface area contributed by atoms with Crippen molar-refractivity contribution in [2.75, 3.05) is 0 Å². The van der Waals surface area contributed by atoms with E-state index in [9.17, 15) is 9.50 Å². The fraction of sp³-hybridized carbons (Fsp3) is 1.00. The smallest absolute Gasteiger partial charge is 0.154 e. The summed E-state index contributed by atoms with van der Waals surface area (Å²) in [6.45, 7) is 5.00. The Kier molecular flexibility index (Phi) is 1.73. The minimum Gasteiger partial charge on any atom is -0.387 e. The van der Waals surface area contributed by atoms with Gasteiger partial charge < -0.3 is 9.84 Å². The Morgan fingerprint density at radius 3 is 2.10 bits per heavy atom. The molecule has 60 valence electrons. The number of alkyl halides is 1. The molecule has 1 saturated heterocycles. The molecule has 10 heavy (non-hydrogen) atoms. The number of rotatable bonds is 0. The average Bonchev–Trinajstić information content (AvgIpc) is 1.95. The number of aliphatic hydroxyl groups is 1. The molecule has 2 nitrogen and oxygen atoms in total. The molecule has 1 aliphatic heterocycles. The Hall–Kier alpha value is -0.150. The molecule has 1 fully saturated rings. The summed E-state index contributed by atoms with van der Waals surface area (Å²) >= 11 is 0. The van der Waals surface area contributed by atoms with E-state index in [-0.39, 0.29) is 0 Å². The first-order valence-electron chi connectivity index (χ1n) is 3.45. The number of hydrogen-bond donors (Lipinski definition) is 1. The van der Waals surface area contributed by atoms with Gasteiger partial charge in [-0.15, -0.1) is 0 Å². The van der Waals surface area contributed by atoms with E-state index < -0.39 is 24.0 Å². The third-order valence-corrected chi connectivity index (χ3v) is 1.95. The van der Waals surface area contributed by atoms with Crippen LogP contribution in [0.3, 0.4) is 0 Å². The lowest BCUT2D eigenvalue weighted by Gasteiger charge is -2.20. The van der Waals surface area contributed by atoms with E-state index in [1.165, 1.54) is 0 Å². The molecule has 0 bridgehead atoms. The zero-order valence-electron chi connectivity index (χ0n) is 6.47. The van der Waals surface area contributed by atoms with Crippen molar-refractivity contribution in [2.45, 2.75) is 44.8 Å². The lowest BCUT2D eigenvalue weighted by atomic mass is 10.0. The molecule has 0 saturated carbocycles. The highest BCUT2D eigenvalue weighted by atomic mass is 19.1. The second-order valence-electron chi connectivity index (χ2n) is 3.32. The second-order valence-corrected chi connectivity index (χ2v) is 3.32. The third kappa shape index (κ3) is 1.04. The molecule has 0 amide bonds. The molecule has 0 unspecified atom stereocenters. The first-order valence-corrected chi connectivity index (χ1v) is 3.45. The maximum absolute atomic E-state index is 12.8. The highest BCUT2D eigenvalue weighted by molar-refractivity contribution is 4.95. The highest BCUT2D eigenvalue weighted by Gasteiger charge is 2.47. The van der Waals surface area contributed by atoms with Gasteiger partial charge in [-0.2, -0.15) is 0 Å². The Balaban J connectivity index is 2.71. The predicted molar refractivity (Wildman–Crippen MR) is 35.5 cm³/mol. The van der Waals surface area contributed by atoms with E-state index in [2.05, 4.69) is 0 Å². The Morgan fingerprint density at radius 1 is 1.50 bits per heavy atom. The quantitative estimate of drug-likeness (QED) is 0.552. The van der Waals surface area contributed by atoms with Gasteiger partial charge in [-0.1, -0.05) is 0 Å². The Bertz CT molecular complexity index is 136. The van der Waals surface area contributed by atoms with Gasteiger partial charge in [0.1, 0.15) is 6.10 Å². The van der Waals surface area contributed by atoms with Crippen molar-refractivity contribution in [3.05, 3.63) is 0 Å². The van der Waals surface area contributed by atoms with Crippen molar-refractivity contribution in [3.8, 4) is 0 Å². The van der Waals surface area contributed by atoms with E-state index in [1.54, 1.807) is 20.8 Å². The second kappa shape index (κ2) is 2.17.